The molecule has 1 saturated heterocycles. The van der Waals surface area contributed by atoms with Gasteiger partial charge in [0.25, 0.3) is 0 Å². The number of aliphatic imine (C=N–C) groups is 1. The Hall–Kier alpha value is -0.940. The molecule has 1 aliphatic rings. The van der Waals surface area contributed by atoms with Crippen LogP contribution in [0.25, 0.3) is 0 Å². The SMILES string of the molecule is CCCN1CCC(NC(=NCc2nnc(C)n2C)NCCCOC)CC1.I. The third-order valence-electron chi connectivity index (χ3n) is 4.85. The fourth-order valence-electron chi connectivity index (χ4n) is 3.12. The Labute approximate surface area is 180 Å². The Balaban J connectivity index is 0.00000364. The Bertz CT molecular complexity index is 556. The first-order valence-corrected chi connectivity index (χ1v) is 9.75. The molecule has 1 aromatic heterocycles. The van der Waals surface area contributed by atoms with Crippen LogP contribution in [0.2, 0.25) is 0 Å². The van der Waals surface area contributed by atoms with E-state index in [2.05, 4.69) is 32.7 Å². The molecule has 0 unspecified atom stereocenters. The van der Waals surface area contributed by atoms with E-state index in [-0.39, 0.29) is 24.0 Å². The first-order valence-electron chi connectivity index (χ1n) is 9.75. The maximum absolute atomic E-state index is 5.13. The number of halogens is 1. The number of nitrogens with one attached hydrogen (secondary N) is 2. The lowest BCUT2D eigenvalue weighted by molar-refractivity contribution is 0.195. The molecule has 1 fully saturated rings. The van der Waals surface area contributed by atoms with E-state index < -0.39 is 0 Å². The van der Waals surface area contributed by atoms with Gasteiger partial charge >= 0.3 is 0 Å². The molecule has 2 heterocycles. The standard InChI is InChI=1S/C18H35N7O.HI/c1-5-10-25-11-7-16(8-12-25)21-18(19-9-6-13-26-4)20-14-17-23-22-15(2)24(17)3;/h16H,5-14H2,1-4H3,(H2,19,20,21);1H. The van der Waals surface area contributed by atoms with Crippen LogP contribution >= 0.6 is 24.0 Å². The van der Waals surface area contributed by atoms with Crippen molar-refractivity contribution < 1.29 is 4.74 Å². The molecule has 0 saturated carbocycles. The summed E-state index contributed by atoms with van der Waals surface area (Å²) in [5.41, 5.74) is 0. The zero-order valence-corrected chi connectivity index (χ0v) is 19.5. The average Bonchev–Trinajstić information content (AvgIpc) is 2.97. The maximum atomic E-state index is 5.13. The van der Waals surface area contributed by atoms with Crippen molar-refractivity contribution in [1.29, 1.82) is 0 Å². The Morgan fingerprint density at radius 1 is 1.30 bits per heavy atom. The molecule has 2 rings (SSSR count). The van der Waals surface area contributed by atoms with Crippen molar-refractivity contribution in [2.45, 2.75) is 52.1 Å². The summed E-state index contributed by atoms with van der Waals surface area (Å²) in [6.07, 6.45) is 4.49. The number of ether oxygens (including phenoxy) is 1. The van der Waals surface area contributed by atoms with Gasteiger partial charge < -0.3 is 24.8 Å². The van der Waals surface area contributed by atoms with Crippen molar-refractivity contribution in [3.05, 3.63) is 11.6 Å². The molecule has 0 spiro atoms. The van der Waals surface area contributed by atoms with Crippen LogP contribution in [0.1, 0.15) is 44.3 Å². The minimum atomic E-state index is 0. The molecule has 1 aliphatic heterocycles. The van der Waals surface area contributed by atoms with Gasteiger partial charge in [-0.2, -0.15) is 0 Å². The molecule has 2 N–H and O–H groups in total. The van der Waals surface area contributed by atoms with Gasteiger partial charge in [0.05, 0.1) is 0 Å². The van der Waals surface area contributed by atoms with E-state index in [4.69, 9.17) is 9.73 Å². The number of hydrogen-bond acceptors (Lipinski definition) is 5. The van der Waals surface area contributed by atoms with Crippen molar-refractivity contribution in [3.8, 4) is 0 Å². The van der Waals surface area contributed by atoms with Crippen LogP contribution in [0.3, 0.4) is 0 Å². The second-order valence-corrected chi connectivity index (χ2v) is 6.92. The summed E-state index contributed by atoms with van der Waals surface area (Å²) in [5, 5.41) is 15.3. The van der Waals surface area contributed by atoms with Gasteiger partial charge in [-0.1, -0.05) is 6.92 Å². The van der Waals surface area contributed by atoms with E-state index in [1.54, 1.807) is 7.11 Å². The normalized spacial score (nSPS) is 16.2. The van der Waals surface area contributed by atoms with Gasteiger partial charge in [-0.05, 0) is 39.2 Å². The van der Waals surface area contributed by atoms with Gasteiger partial charge in [-0.15, -0.1) is 34.2 Å². The van der Waals surface area contributed by atoms with Crippen LogP contribution in [0.5, 0.6) is 0 Å². The first-order chi connectivity index (χ1) is 12.6. The van der Waals surface area contributed by atoms with E-state index in [0.29, 0.717) is 12.6 Å². The number of aryl methyl sites for hydroxylation is 1. The third kappa shape index (κ3) is 8.30. The van der Waals surface area contributed by atoms with E-state index in [0.717, 1.165) is 63.1 Å². The summed E-state index contributed by atoms with van der Waals surface area (Å²) in [5.74, 6) is 2.63. The summed E-state index contributed by atoms with van der Waals surface area (Å²) in [4.78, 5) is 7.28. The van der Waals surface area contributed by atoms with Crippen LogP contribution in [-0.4, -0.2) is 71.6 Å². The van der Waals surface area contributed by atoms with Crippen molar-refractivity contribution in [2.75, 3.05) is 39.9 Å². The molecule has 0 bridgehead atoms. The highest BCUT2D eigenvalue weighted by atomic mass is 127. The topological polar surface area (TPSA) is 79.6 Å². The lowest BCUT2D eigenvalue weighted by Gasteiger charge is -2.32. The van der Waals surface area contributed by atoms with Crippen LogP contribution in [-0.2, 0) is 18.3 Å². The van der Waals surface area contributed by atoms with Gasteiger partial charge in [0.2, 0.25) is 0 Å². The Morgan fingerprint density at radius 2 is 2.04 bits per heavy atom. The number of rotatable bonds is 9. The van der Waals surface area contributed by atoms with Crippen molar-refractivity contribution in [2.24, 2.45) is 12.0 Å². The number of piperidine rings is 1. The number of nitrogens with zero attached hydrogens (tertiary/aromatic N) is 5. The average molecular weight is 493 g/mol. The predicted octanol–water partition coefficient (Wildman–Crippen LogP) is 1.69. The highest BCUT2D eigenvalue weighted by molar-refractivity contribution is 14.0. The minimum Gasteiger partial charge on any atom is -0.385 e. The van der Waals surface area contributed by atoms with Crippen LogP contribution in [0.15, 0.2) is 4.99 Å². The number of guanidine groups is 1. The molecular formula is C18H36IN7O. The third-order valence-corrected chi connectivity index (χ3v) is 4.85. The molecule has 0 atom stereocenters. The molecule has 9 heteroatoms. The Kier molecular flexibility index (Phi) is 11.8. The number of hydrogen-bond donors (Lipinski definition) is 2. The second-order valence-electron chi connectivity index (χ2n) is 6.92. The van der Waals surface area contributed by atoms with Crippen molar-refractivity contribution in [3.63, 3.8) is 0 Å². The molecule has 1 aromatic rings. The maximum Gasteiger partial charge on any atom is 0.191 e. The van der Waals surface area contributed by atoms with E-state index in [1.807, 2.05) is 18.5 Å². The van der Waals surface area contributed by atoms with Gasteiger partial charge in [0.1, 0.15) is 12.4 Å². The Morgan fingerprint density at radius 3 is 2.63 bits per heavy atom. The smallest absolute Gasteiger partial charge is 0.191 e. The zero-order chi connectivity index (χ0) is 18.8. The molecule has 0 aromatic carbocycles. The lowest BCUT2D eigenvalue weighted by Crippen LogP contribution is -2.49. The van der Waals surface area contributed by atoms with E-state index in [1.165, 1.54) is 13.0 Å². The molecular weight excluding hydrogens is 457 g/mol. The summed E-state index contributed by atoms with van der Waals surface area (Å²) < 4.78 is 7.11. The molecule has 156 valence electrons. The van der Waals surface area contributed by atoms with E-state index >= 15 is 0 Å². The van der Waals surface area contributed by atoms with Gasteiger partial charge in [0.15, 0.2) is 11.8 Å². The van der Waals surface area contributed by atoms with Crippen molar-refractivity contribution >= 4 is 29.9 Å². The minimum absolute atomic E-state index is 0. The van der Waals surface area contributed by atoms with Crippen LogP contribution < -0.4 is 10.6 Å². The molecule has 8 nitrogen and oxygen atoms in total. The van der Waals surface area contributed by atoms with Gasteiger partial charge in [0, 0.05) is 46.4 Å². The van der Waals surface area contributed by atoms with Gasteiger partial charge in [-0.25, -0.2) is 4.99 Å². The molecule has 0 amide bonds. The quantitative estimate of drug-likeness (QED) is 0.236. The second kappa shape index (κ2) is 13.3. The summed E-state index contributed by atoms with van der Waals surface area (Å²) >= 11 is 0. The highest BCUT2D eigenvalue weighted by Crippen LogP contribution is 2.10. The number of methoxy groups -OCH3 is 1. The molecule has 0 aliphatic carbocycles. The summed E-state index contributed by atoms with van der Waals surface area (Å²) in [6.45, 7) is 9.82. The van der Waals surface area contributed by atoms with Crippen LogP contribution in [0.4, 0.5) is 0 Å². The van der Waals surface area contributed by atoms with Gasteiger partial charge in [-0.3, -0.25) is 0 Å². The summed E-state index contributed by atoms with van der Waals surface area (Å²) in [7, 11) is 3.70. The monoisotopic (exact) mass is 493 g/mol. The van der Waals surface area contributed by atoms with E-state index in [9.17, 15) is 0 Å². The lowest BCUT2D eigenvalue weighted by atomic mass is 10.1. The number of likely N-dealkylation sites (tertiary alicyclic amines) is 1. The molecule has 27 heavy (non-hydrogen) atoms. The predicted molar refractivity (Wildman–Crippen MR) is 120 cm³/mol. The van der Waals surface area contributed by atoms with Crippen molar-refractivity contribution in [1.82, 2.24) is 30.3 Å². The fraction of sp³-hybridized carbons (Fsp3) is 0.833. The summed E-state index contributed by atoms with van der Waals surface area (Å²) in [6, 6.07) is 0.470. The van der Waals surface area contributed by atoms with Crippen LogP contribution in [0, 0.1) is 6.92 Å². The fourth-order valence-corrected chi connectivity index (χ4v) is 3.12. The first kappa shape index (κ1) is 24.1. The highest BCUT2D eigenvalue weighted by Gasteiger charge is 2.19. The largest absolute Gasteiger partial charge is 0.385 e. The molecule has 0 radical (unpaired) electrons. The zero-order valence-electron chi connectivity index (χ0n) is 17.2. The number of aromatic nitrogens is 3.